The van der Waals surface area contributed by atoms with Crippen LogP contribution < -0.4 is 19.5 Å². The van der Waals surface area contributed by atoms with Gasteiger partial charge in [0, 0.05) is 30.4 Å². The molecule has 3 heterocycles. The molecule has 31 heavy (non-hydrogen) atoms. The van der Waals surface area contributed by atoms with Gasteiger partial charge in [-0.1, -0.05) is 23.5 Å². The first-order valence-corrected chi connectivity index (χ1v) is 10.4. The maximum Gasteiger partial charge on any atom is 0.354 e. The molecule has 0 unspecified atom stereocenters. The summed E-state index contributed by atoms with van der Waals surface area (Å²) in [5, 5.41) is 13.2. The predicted molar refractivity (Wildman–Crippen MR) is 116 cm³/mol. The number of hydrogen-bond donors (Lipinski definition) is 2. The second-order valence-corrected chi connectivity index (χ2v) is 7.76. The quantitative estimate of drug-likeness (QED) is 0.454. The fraction of sp³-hybridized carbons (Fsp3) is 0.136. The molecule has 1 aliphatic rings. The maximum atomic E-state index is 11.1. The van der Waals surface area contributed by atoms with E-state index in [0.29, 0.717) is 31.3 Å². The molecule has 0 fully saturated rings. The van der Waals surface area contributed by atoms with Gasteiger partial charge in [-0.15, -0.1) is 0 Å². The van der Waals surface area contributed by atoms with E-state index in [4.69, 9.17) is 19.3 Å². The number of hydrogen-bond acceptors (Lipinski definition) is 8. The fourth-order valence-electron chi connectivity index (χ4n) is 3.22. The van der Waals surface area contributed by atoms with Crippen LogP contribution in [0.25, 0.3) is 10.2 Å². The van der Waals surface area contributed by atoms with Gasteiger partial charge in [-0.3, -0.25) is 0 Å². The minimum atomic E-state index is -1.10. The van der Waals surface area contributed by atoms with Gasteiger partial charge in [0.15, 0.2) is 22.3 Å². The molecule has 0 bridgehead atoms. The summed E-state index contributed by atoms with van der Waals surface area (Å²) in [7, 11) is 0. The highest BCUT2D eigenvalue weighted by Gasteiger charge is 2.16. The van der Waals surface area contributed by atoms with Gasteiger partial charge in [0.25, 0.3) is 0 Å². The number of anilines is 1. The lowest BCUT2D eigenvalue weighted by atomic mass is 10.2. The Labute approximate surface area is 181 Å². The van der Waals surface area contributed by atoms with Crippen LogP contribution in [0.3, 0.4) is 0 Å². The highest BCUT2D eigenvalue weighted by molar-refractivity contribution is 7.22. The lowest BCUT2D eigenvalue weighted by Crippen LogP contribution is -2.17. The zero-order valence-corrected chi connectivity index (χ0v) is 17.0. The number of rotatable bonds is 6. The van der Waals surface area contributed by atoms with Crippen LogP contribution in [0.1, 0.15) is 16.1 Å². The van der Waals surface area contributed by atoms with E-state index in [1.807, 2.05) is 30.3 Å². The summed E-state index contributed by atoms with van der Waals surface area (Å²) in [4.78, 5) is 19.5. The maximum absolute atomic E-state index is 11.1. The number of aromatic carboxylic acids is 1. The van der Waals surface area contributed by atoms with E-state index in [0.717, 1.165) is 32.4 Å². The van der Waals surface area contributed by atoms with Crippen molar-refractivity contribution in [2.24, 2.45) is 0 Å². The monoisotopic (exact) mass is 435 g/mol. The number of nitrogens with one attached hydrogen (secondary N) is 1. The van der Waals surface area contributed by atoms with E-state index in [2.05, 4.69) is 15.3 Å². The second-order valence-electron chi connectivity index (χ2n) is 6.73. The van der Waals surface area contributed by atoms with Gasteiger partial charge >= 0.3 is 5.97 Å². The highest BCUT2D eigenvalue weighted by atomic mass is 32.1. The van der Waals surface area contributed by atoms with Crippen molar-refractivity contribution in [2.75, 3.05) is 18.5 Å². The van der Waals surface area contributed by atoms with Crippen LogP contribution in [0.5, 0.6) is 23.0 Å². The largest absolute Gasteiger partial charge is 0.486 e. The molecular weight excluding hydrogens is 418 g/mol. The Bertz CT molecular complexity index is 1270. The molecule has 2 N–H and O–H groups in total. The van der Waals surface area contributed by atoms with Gasteiger partial charge in [0.05, 0.1) is 10.2 Å². The summed E-state index contributed by atoms with van der Waals surface area (Å²) in [5.74, 6) is 1.43. The molecule has 5 rings (SSSR count). The third kappa shape index (κ3) is 4.08. The number of carbonyl (C=O) groups is 1. The van der Waals surface area contributed by atoms with Gasteiger partial charge < -0.3 is 24.6 Å². The first-order chi connectivity index (χ1) is 15.2. The molecule has 0 atom stereocenters. The molecule has 0 amide bonds. The van der Waals surface area contributed by atoms with E-state index < -0.39 is 5.97 Å². The predicted octanol–water partition coefficient (Wildman–Crippen LogP) is 4.57. The average molecular weight is 435 g/mol. The summed E-state index contributed by atoms with van der Waals surface area (Å²) in [5.41, 5.74) is 1.78. The third-order valence-corrected chi connectivity index (χ3v) is 5.60. The minimum absolute atomic E-state index is 0.0691. The van der Waals surface area contributed by atoms with E-state index in [9.17, 15) is 4.79 Å². The standard InChI is InChI=1S/C22H17N3O5S/c26-21(27)17-10-15(6-7-23-17)30-14-4-5-16-19(11-14)31-22(25-16)24-12-13-2-1-3-18-20(13)29-9-8-28-18/h1-7,10-11H,8-9,12H2,(H,24,25)(H,26,27). The van der Waals surface area contributed by atoms with Crippen LogP contribution in [0.2, 0.25) is 0 Å². The molecule has 9 heteroatoms. The van der Waals surface area contributed by atoms with Gasteiger partial charge in [-0.25, -0.2) is 14.8 Å². The number of pyridine rings is 1. The zero-order valence-electron chi connectivity index (χ0n) is 16.2. The molecule has 0 aliphatic carbocycles. The Morgan fingerprint density at radius 2 is 2.00 bits per heavy atom. The van der Waals surface area contributed by atoms with Crippen LogP contribution in [0.4, 0.5) is 5.13 Å². The summed E-state index contributed by atoms with van der Waals surface area (Å²) in [6.07, 6.45) is 1.41. The number of ether oxygens (including phenoxy) is 3. The van der Waals surface area contributed by atoms with E-state index >= 15 is 0 Å². The summed E-state index contributed by atoms with van der Waals surface area (Å²) >= 11 is 1.51. The number of aromatic nitrogens is 2. The summed E-state index contributed by atoms with van der Waals surface area (Å²) in [6, 6.07) is 14.4. The third-order valence-electron chi connectivity index (χ3n) is 4.62. The van der Waals surface area contributed by atoms with Gasteiger partial charge in [0.2, 0.25) is 0 Å². The van der Waals surface area contributed by atoms with Crippen molar-refractivity contribution in [3.05, 3.63) is 66.0 Å². The number of benzene rings is 2. The summed E-state index contributed by atoms with van der Waals surface area (Å²) < 4.78 is 18.1. The first kappa shape index (κ1) is 19.1. The van der Waals surface area contributed by atoms with E-state index in [1.165, 1.54) is 23.6 Å². The Morgan fingerprint density at radius 1 is 1.13 bits per heavy atom. The number of nitrogens with zero attached hydrogens (tertiary/aromatic N) is 2. The average Bonchev–Trinajstić information content (AvgIpc) is 3.20. The Morgan fingerprint density at radius 3 is 2.90 bits per heavy atom. The van der Waals surface area contributed by atoms with Crippen molar-refractivity contribution in [1.29, 1.82) is 0 Å². The van der Waals surface area contributed by atoms with Crippen LogP contribution in [0.15, 0.2) is 54.7 Å². The topological polar surface area (TPSA) is 103 Å². The van der Waals surface area contributed by atoms with Crippen LogP contribution in [-0.4, -0.2) is 34.3 Å². The Hall–Kier alpha value is -3.85. The fourth-order valence-corrected chi connectivity index (χ4v) is 4.11. The molecule has 0 saturated heterocycles. The molecule has 2 aromatic carbocycles. The molecule has 0 spiro atoms. The molecule has 2 aromatic heterocycles. The molecule has 156 valence electrons. The van der Waals surface area contributed by atoms with Gasteiger partial charge in [0.1, 0.15) is 24.7 Å². The number of carboxylic acid groups (broad SMARTS) is 1. The SMILES string of the molecule is O=C(O)c1cc(Oc2ccc3nc(NCc4cccc5c4OCCO5)sc3c2)ccn1. The Balaban J connectivity index is 1.32. The highest BCUT2D eigenvalue weighted by Crippen LogP contribution is 2.35. The minimum Gasteiger partial charge on any atom is -0.486 e. The van der Waals surface area contributed by atoms with Crippen molar-refractivity contribution in [1.82, 2.24) is 9.97 Å². The molecule has 4 aromatic rings. The Kier molecular flexibility index (Phi) is 5.01. The second kappa shape index (κ2) is 8.11. The first-order valence-electron chi connectivity index (χ1n) is 9.55. The van der Waals surface area contributed by atoms with E-state index in [-0.39, 0.29) is 5.69 Å². The van der Waals surface area contributed by atoms with E-state index in [1.54, 1.807) is 12.1 Å². The molecule has 1 aliphatic heterocycles. The number of carboxylic acids is 1. The smallest absolute Gasteiger partial charge is 0.354 e. The van der Waals surface area contributed by atoms with Gasteiger partial charge in [-0.05, 0) is 24.3 Å². The molecule has 8 nitrogen and oxygen atoms in total. The lowest BCUT2D eigenvalue weighted by molar-refractivity contribution is 0.0690. The normalized spacial score (nSPS) is 12.5. The lowest BCUT2D eigenvalue weighted by Gasteiger charge is -2.20. The number of para-hydroxylation sites is 1. The van der Waals surface area contributed by atoms with Gasteiger partial charge in [-0.2, -0.15) is 0 Å². The van der Waals surface area contributed by atoms with Crippen LogP contribution in [0, 0.1) is 0 Å². The van der Waals surface area contributed by atoms with Crippen molar-refractivity contribution in [3.63, 3.8) is 0 Å². The van der Waals surface area contributed by atoms with Crippen molar-refractivity contribution in [3.8, 4) is 23.0 Å². The van der Waals surface area contributed by atoms with Crippen molar-refractivity contribution < 1.29 is 24.1 Å². The zero-order chi connectivity index (χ0) is 21.2. The van der Waals surface area contributed by atoms with Crippen LogP contribution >= 0.6 is 11.3 Å². The summed E-state index contributed by atoms with van der Waals surface area (Å²) in [6.45, 7) is 1.66. The number of thiazole rings is 1. The van der Waals surface area contributed by atoms with Crippen LogP contribution in [-0.2, 0) is 6.54 Å². The number of fused-ring (bicyclic) bond motifs is 2. The molecule has 0 radical (unpaired) electrons. The molecular formula is C22H17N3O5S. The van der Waals surface area contributed by atoms with Crippen molar-refractivity contribution in [2.45, 2.75) is 6.54 Å². The molecule has 0 saturated carbocycles. The van der Waals surface area contributed by atoms with Crippen molar-refractivity contribution >= 4 is 32.7 Å².